The van der Waals surface area contributed by atoms with Gasteiger partial charge in [0, 0.05) is 23.5 Å². The molecule has 4 heteroatoms. The fraction of sp³-hybridized carbons (Fsp3) is 0.250. The lowest BCUT2D eigenvalue weighted by molar-refractivity contribution is 0.0397. The molecule has 24 heavy (non-hydrogen) atoms. The predicted octanol–water partition coefficient (Wildman–Crippen LogP) is 3.51. The van der Waals surface area contributed by atoms with Crippen LogP contribution in [-0.2, 0) is 11.8 Å². The van der Waals surface area contributed by atoms with E-state index in [0.29, 0.717) is 0 Å². The fourth-order valence-corrected chi connectivity index (χ4v) is 3.31. The molecule has 0 atom stereocenters. The first kappa shape index (κ1) is 15.0. The highest BCUT2D eigenvalue weighted by molar-refractivity contribution is 6.06. The van der Waals surface area contributed by atoms with Crippen LogP contribution in [0.15, 0.2) is 59.7 Å². The topological polar surface area (TPSA) is 29.8 Å². The molecular formula is C20H21N3O. The normalized spacial score (nSPS) is 15.5. The largest absolute Gasteiger partial charge is 0.378 e. The molecular weight excluding hydrogens is 298 g/mol. The molecule has 0 unspecified atom stereocenters. The van der Waals surface area contributed by atoms with E-state index >= 15 is 0 Å². The molecule has 2 aromatic carbocycles. The number of aromatic nitrogens is 1. The van der Waals surface area contributed by atoms with Gasteiger partial charge >= 0.3 is 0 Å². The maximum absolute atomic E-state index is 5.40. The van der Waals surface area contributed by atoms with Crippen molar-refractivity contribution in [2.45, 2.75) is 0 Å². The molecule has 0 bridgehead atoms. The van der Waals surface area contributed by atoms with Crippen molar-refractivity contribution < 1.29 is 4.74 Å². The second-order valence-corrected chi connectivity index (χ2v) is 6.02. The minimum absolute atomic E-state index is 0.748. The summed E-state index contributed by atoms with van der Waals surface area (Å²) < 4.78 is 7.65. The summed E-state index contributed by atoms with van der Waals surface area (Å²) in [6, 6.07) is 19.0. The average Bonchev–Trinajstić information content (AvgIpc) is 2.94. The molecule has 0 spiro atoms. The Morgan fingerprint density at radius 1 is 0.958 bits per heavy atom. The molecule has 1 fully saturated rings. The third-order valence-electron chi connectivity index (χ3n) is 4.53. The highest BCUT2D eigenvalue weighted by Crippen LogP contribution is 2.31. The summed E-state index contributed by atoms with van der Waals surface area (Å²) in [5.41, 5.74) is 4.80. The lowest BCUT2D eigenvalue weighted by Gasteiger charge is -2.23. The number of benzene rings is 2. The van der Waals surface area contributed by atoms with Crippen molar-refractivity contribution in [2.75, 3.05) is 26.3 Å². The molecule has 0 amide bonds. The molecule has 4 nitrogen and oxygen atoms in total. The minimum atomic E-state index is 0.748. The molecule has 0 N–H and O–H groups in total. The Kier molecular flexibility index (Phi) is 4.05. The molecule has 4 rings (SSSR count). The number of para-hydroxylation sites is 1. The number of ether oxygens (including phenoxy) is 1. The minimum Gasteiger partial charge on any atom is -0.378 e. The van der Waals surface area contributed by atoms with Crippen LogP contribution in [0, 0.1) is 0 Å². The molecule has 1 aromatic heterocycles. The van der Waals surface area contributed by atoms with E-state index in [1.165, 1.54) is 27.7 Å². The Morgan fingerprint density at radius 2 is 1.67 bits per heavy atom. The summed E-state index contributed by atoms with van der Waals surface area (Å²) >= 11 is 0. The highest BCUT2D eigenvalue weighted by atomic mass is 16.5. The van der Waals surface area contributed by atoms with E-state index in [9.17, 15) is 0 Å². The SMILES string of the molecule is Cn1c(-c2ccccc2)c(/C=N/N2CCOCC2)c2ccccc21. The number of hydrazone groups is 1. The van der Waals surface area contributed by atoms with Gasteiger partial charge in [-0.3, -0.25) is 5.01 Å². The van der Waals surface area contributed by atoms with Crippen molar-refractivity contribution in [1.29, 1.82) is 0 Å². The van der Waals surface area contributed by atoms with E-state index in [-0.39, 0.29) is 0 Å². The van der Waals surface area contributed by atoms with Crippen LogP contribution < -0.4 is 0 Å². The first-order valence-corrected chi connectivity index (χ1v) is 8.34. The zero-order chi connectivity index (χ0) is 16.4. The van der Waals surface area contributed by atoms with Gasteiger partial charge in [0.1, 0.15) is 0 Å². The third-order valence-corrected chi connectivity index (χ3v) is 4.53. The number of hydrogen-bond acceptors (Lipinski definition) is 3. The van der Waals surface area contributed by atoms with Gasteiger partial charge in [-0.25, -0.2) is 0 Å². The number of aryl methyl sites for hydroxylation is 1. The van der Waals surface area contributed by atoms with E-state index in [0.717, 1.165) is 26.3 Å². The van der Waals surface area contributed by atoms with Gasteiger partial charge in [0.2, 0.25) is 0 Å². The molecule has 0 aliphatic carbocycles. The zero-order valence-electron chi connectivity index (χ0n) is 13.9. The Balaban J connectivity index is 1.84. The molecule has 1 aliphatic heterocycles. The summed E-state index contributed by atoms with van der Waals surface area (Å²) in [6.45, 7) is 3.20. The van der Waals surface area contributed by atoms with Gasteiger partial charge < -0.3 is 9.30 Å². The van der Waals surface area contributed by atoms with E-state index in [1.54, 1.807) is 0 Å². The van der Waals surface area contributed by atoms with Gasteiger partial charge in [0.25, 0.3) is 0 Å². The Morgan fingerprint density at radius 3 is 2.46 bits per heavy atom. The summed E-state index contributed by atoms with van der Waals surface area (Å²) in [5.74, 6) is 0. The first-order valence-electron chi connectivity index (χ1n) is 8.34. The zero-order valence-corrected chi connectivity index (χ0v) is 13.9. The van der Waals surface area contributed by atoms with E-state index < -0.39 is 0 Å². The Bertz CT molecular complexity index is 861. The lowest BCUT2D eigenvalue weighted by Crippen LogP contribution is -2.32. The van der Waals surface area contributed by atoms with E-state index in [1.807, 2.05) is 12.3 Å². The molecule has 122 valence electrons. The number of morpholine rings is 1. The molecule has 0 saturated carbocycles. The lowest BCUT2D eigenvalue weighted by atomic mass is 10.1. The quantitative estimate of drug-likeness (QED) is 0.692. The van der Waals surface area contributed by atoms with Gasteiger partial charge in [-0.1, -0.05) is 48.5 Å². The number of rotatable bonds is 3. The summed E-state index contributed by atoms with van der Waals surface area (Å²) in [6.07, 6.45) is 2.01. The molecule has 0 radical (unpaired) electrons. The first-order chi connectivity index (χ1) is 11.8. The van der Waals surface area contributed by atoms with Crippen LogP contribution in [0.3, 0.4) is 0 Å². The second kappa shape index (κ2) is 6.49. The number of fused-ring (bicyclic) bond motifs is 1. The predicted molar refractivity (Wildman–Crippen MR) is 98.3 cm³/mol. The second-order valence-electron chi connectivity index (χ2n) is 6.02. The van der Waals surface area contributed by atoms with Crippen LogP contribution in [-0.4, -0.2) is 42.1 Å². The summed E-state index contributed by atoms with van der Waals surface area (Å²) in [7, 11) is 2.12. The third kappa shape index (κ3) is 2.69. The molecule has 1 saturated heterocycles. The molecule has 3 aromatic rings. The summed E-state index contributed by atoms with van der Waals surface area (Å²) in [5, 5.41) is 8.03. The van der Waals surface area contributed by atoms with Crippen molar-refractivity contribution in [3.8, 4) is 11.3 Å². The van der Waals surface area contributed by atoms with Crippen molar-refractivity contribution >= 4 is 17.1 Å². The maximum atomic E-state index is 5.40. The number of hydrogen-bond donors (Lipinski definition) is 0. The summed E-state index contributed by atoms with van der Waals surface area (Å²) in [4.78, 5) is 0. The monoisotopic (exact) mass is 319 g/mol. The van der Waals surface area contributed by atoms with Crippen LogP contribution in [0.25, 0.3) is 22.2 Å². The number of nitrogens with zero attached hydrogens (tertiary/aromatic N) is 3. The standard InChI is InChI=1S/C20H21N3O/c1-22-19-10-6-5-9-17(19)18(15-21-23-11-13-24-14-12-23)20(22)16-7-3-2-4-8-16/h2-10,15H,11-14H2,1H3/b21-15+. The van der Waals surface area contributed by atoms with Gasteiger partial charge in [0.15, 0.2) is 0 Å². The van der Waals surface area contributed by atoms with Crippen LogP contribution in [0.1, 0.15) is 5.56 Å². The highest BCUT2D eigenvalue weighted by Gasteiger charge is 2.15. The average molecular weight is 319 g/mol. The van der Waals surface area contributed by atoms with Gasteiger partial charge in [-0.2, -0.15) is 5.10 Å². The smallest absolute Gasteiger partial charge is 0.0659 e. The van der Waals surface area contributed by atoms with Crippen LogP contribution in [0.5, 0.6) is 0 Å². The molecule has 1 aliphatic rings. The molecule has 2 heterocycles. The van der Waals surface area contributed by atoms with Crippen molar-refractivity contribution in [3.63, 3.8) is 0 Å². The van der Waals surface area contributed by atoms with Crippen molar-refractivity contribution in [1.82, 2.24) is 9.58 Å². The fourth-order valence-electron chi connectivity index (χ4n) is 3.31. The Labute approximate surface area is 142 Å². The van der Waals surface area contributed by atoms with Crippen LogP contribution >= 0.6 is 0 Å². The Hall–Kier alpha value is -2.59. The van der Waals surface area contributed by atoms with Crippen LogP contribution in [0.2, 0.25) is 0 Å². The van der Waals surface area contributed by atoms with Gasteiger partial charge in [-0.15, -0.1) is 0 Å². The van der Waals surface area contributed by atoms with Gasteiger partial charge in [0.05, 0.1) is 38.2 Å². The van der Waals surface area contributed by atoms with E-state index in [2.05, 4.69) is 65.2 Å². The van der Waals surface area contributed by atoms with E-state index in [4.69, 9.17) is 9.84 Å². The van der Waals surface area contributed by atoms with Crippen LogP contribution in [0.4, 0.5) is 0 Å². The van der Waals surface area contributed by atoms with Gasteiger partial charge in [-0.05, 0) is 11.6 Å². The maximum Gasteiger partial charge on any atom is 0.0659 e. The van der Waals surface area contributed by atoms with Crippen molar-refractivity contribution in [3.05, 3.63) is 60.2 Å². The van der Waals surface area contributed by atoms with Crippen molar-refractivity contribution in [2.24, 2.45) is 12.1 Å².